The van der Waals surface area contributed by atoms with Crippen LogP contribution in [0, 0.1) is 5.92 Å². The predicted octanol–water partition coefficient (Wildman–Crippen LogP) is 13.8. The first kappa shape index (κ1) is 33.5. The first-order valence-corrected chi connectivity index (χ1v) is 20.1. The Morgan fingerprint density at radius 1 is 0.509 bits per heavy atom. The van der Waals surface area contributed by atoms with Gasteiger partial charge in [0.1, 0.15) is 11.5 Å². The smallest absolute Gasteiger partial charge is 0.160 e. The third-order valence-electron chi connectivity index (χ3n) is 12.3. The van der Waals surface area contributed by atoms with E-state index in [-0.39, 0.29) is 5.41 Å². The molecule has 3 heteroatoms. The Hall–Kier alpha value is -6.84. The molecule has 1 spiro atoms. The van der Waals surface area contributed by atoms with Crippen LogP contribution in [0.25, 0.3) is 56.2 Å². The molecule has 3 nitrogen and oxygen atoms in total. The second-order valence-corrected chi connectivity index (χ2v) is 15.6. The largest absolute Gasteiger partial charge is 0.457 e. The zero-order valence-corrected chi connectivity index (χ0v) is 31.8. The highest BCUT2D eigenvalue weighted by Gasteiger charge is 2.54. The lowest BCUT2D eigenvalue weighted by molar-refractivity contribution is 0.418. The molecular formula is C54H40N2O. The molecule has 11 rings (SSSR count). The number of benzene rings is 6. The molecule has 0 amide bonds. The molecule has 0 saturated heterocycles. The lowest BCUT2D eigenvalue weighted by Crippen LogP contribution is -2.37. The average molecular weight is 733 g/mol. The number of nitrogens with zero attached hydrogens (tertiary/aromatic N) is 2. The Kier molecular flexibility index (Phi) is 7.89. The van der Waals surface area contributed by atoms with E-state index in [2.05, 4.69) is 177 Å². The number of rotatable bonds is 5. The van der Waals surface area contributed by atoms with Crippen molar-refractivity contribution >= 4 is 0 Å². The lowest BCUT2D eigenvalue weighted by atomic mass is 9.60. The number of hydrogen-bond acceptors (Lipinski definition) is 3. The highest BCUT2D eigenvalue weighted by Crippen LogP contribution is 2.65. The molecule has 2 atom stereocenters. The first-order chi connectivity index (χ1) is 28.1. The summed E-state index contributed by atoms with van der Waals surface area (Å²) in [4.78, 5) is 10.3. The van der Waals surface area contributed by atoms with Crippen LogP contribution < -0.4 is 4.74 Å². The Bertz CT molecular complexity index is 2830. The van der Waals surface area contributed by atoms with Gasteiger partial charge in [-0.3, -0.25) is 0 Å². The summed E-state index contributed by atoms with van der Waals surface area (Å²) in [5.41, 5.74) is 17.6. The number of allylic oxidation sites excluding steroid dienone is 8. The van der Waals surface area contributed by atoms with E-state index < -0.39 is 0 Å². The van der Waals surface area contributed by atoms with E-state index in [4.69, 9.17) is 14.7 Å². The molecule has 2 heterocycles. The molecular weight excluding hydrogens is 693 g/mol. The van der Waals surface area contributed by atoms with Gasteiger partial charge in [0.2, 0.25) is 0 Å². The Balaban J connectivity index is 1.00. The first-order valence-electron chi connectivity index (χ1n) is 20.1. The highest BCUT2D eigenvalue weighted by atomic mass is 16.5. The van der Waals surface area contributed by atoms with Crippen molar-refractivity contribution in [3.05, 3.63) is 215 Å². The maximum atomic E-state index is 6.75. The fourth-order valence-corrected chi connectivity index (χ4v) is 9.73. The second kappa shape index (κ2) is 13.4. The van der Waals surface area contributed by atoms with Gasteiger partial charge in [-0.1, -0.05) is 165 Å². The van der Waals surface area contributed by atoms with E-state index in [1.54, 1.807) is 0 Å². The normalized spacial score (nSPS) is 18.9. The quantitative estimate of drug-likeness (QED) is 0.177. The van der Waals surface area contributed by atoms with Crippen molar-refractivity contribution in [3.63, 3.8) is 0 Å². The van der Waals surface area contributed by atoms with Crippen molar-refractivity contribution < 1.29 is 4.74 Å². The molecule has 272 valence electrons. The van der Waals surface area contributed by atoms with Gasteiger partial charge in [-0.05, 0) is 94.0 Å². The molecule has 4 aliphatic rings. The van der Waals surface area contributed by atoms with Crippen molar-refractivity contribution in [3.8, 4) is 67.7 Å². The fraction of sp³-hybridized carbons (Fsp3) is 0.111. The number of aromatic nitrogens is 2. The zero-order chi connectivity index (χ0) is 37.9. The van der Waals surface area contributed by atoms with Gasteiger partial charge in [-0.15, -0.1) is 0 Å². The van der Waals surface area contributed by atoms with Crippen LogP contribution in [-0.2, 0) is 5.41 Å². The topological polar surface area (TPSA) is 35.0 Å². The van der Waals surface area contributed by atoms with Gasteiger partial charge in [0, 0.05) is 27.8 Å². The molecule has 2 unspecified atom stereocenters. The molecule has 1 aromatic heterocycles. The van der Waals surface area contributed by atoms with Crippen molar-refractivity contribution in [1.29, 1.82) is 0 Å². The molecule has 6 aromatic carbocycles. The molecule has 3 aliphatic carbocycles. The van der Waals surface area contributed by atoms with Gasteiger partial charge in [0.15, 0.2) is 5.82 Å². The van der Waals surface area contributed by atoms with Crippen LogP contribution in [0.4, 0.5) is 0 Å². The van der Waals surface area contributed by atoms with Gasteiger partial charge >= 0.3 is 0 Å². The number of para-hydroxylation sites is 1. The SMILES string of the molecule is CC1CC=CC2=C1C1(C3=C2C=CCC3)c2ccccc2Oc2ccc(-c3ccc(-c4nc(-c5ccccc5)cc(-c5ccc(-c6ccccc6)cc5)n4)cc3)cc21. The lowest BCUT2D eigenvalue weighted by Gasteiger charge is -2.44. The van der Waals surface area contributed by atoms with E-state index >= 15 is 0 Å². The van der Waals surface area contributed by atoms with Crippen LogP contribution in [0.3, 0.4) is 0 Å². The van der Waals surface area contributed by atoms with E-state index in [0.29, 0.717) is 11.7 Å². The molecule has 0 bridgehead atoms. The summed E-state index contributed by atoms with van der Waals surface area (Å²) >= 11 is 0. The van der Waals surface area contributed by atoms with Crippen LogP contribution in [-0.4, -0.2) is 9.97 Å². The van der Waals surface area contributed by atoms with Gasteiger partial charge in [-0.2, -0.15) is 0 Å². The van der Waals surface area contributed by atoms with Gasteiger partial charge in [-0.25, -0.2) is 9.97 Å². The van der Waals surface area contributed by atoms with E-state index in [1.165, 1.54) is 50.1 Å². The number of ether oxygens (including phenoxy) is 1. The van der Waals surface area contributed by atoms with Crippen LogP contribution in [0.1, 0.15) is 37.3 Å². The molecule has 0 fully saturated rings. The van der Waals surface area contributed by atoms with Crippen molar-refractivity contribution in [2.45, 2.75) is 31.6 Å². The summed E-state index contributed by atoms with van der Waals surface area (Å²) in [6.07, 6.45) is 12.6. The van der Waals surface area contributed by atoms with Crippen LogP contribution in [0.15, 0.2) is 204 Å². The van der Waals surface area contributed by atoms with Gasteiger partial charge < -0.3 is 4.74 Å². The molecule has 0 radical (unpaired) electrons. The summed E-state index contributed by atoms with van der Waals surface area (Å²) in [5, 5.41) is 0. The minimum absolute atomic E-state index is 0.360. The summed E-state index contributed by atoms with van der Waals surface area (Å²) in [6.45, 7) is 2.41. The van der Waals surface area contributed by atoms with Crippen LogP contribution in [0.2, 0.25) is 0 Å². The summed E-state index contributed by atoms with van der Waals surface area (Å²) in [6, 6.07) is 55.9. The predicted molar refractivity (Wildman–Crippen MR) is 232 cm³/mol. The minimum atomic E-state index is -0.360. The maximum Gasteiger partial charge on any atom is 0.160 e. The average Bonchev–Trinajstić information content (AvgIpc) is 3.58. The highest BCUT2D eigenvalue weighted by molar-refractivity contribution is 5.81. The van der Waals surface area contributed by atoms with Crippen LogP contribution in [0.5, 0.6) is 11.5 Å². The third kappa shape index (κ3) is 5.41. The number of hydrogen-bond donors (Lipinski definition) is 0. The zero-order valence-electron chi connectivity index (χ0n) is 31.8. The van der Waals surface area contributed by atoms with Gasteiger partial charge in [0.05, 0.1) is 16.8 Å². The van der Waals surface area contributed by atoms with E-state index in [1.807, 2.05) is 12.1 Å². The Morgan fingerprint density at radius 2 is 1.07 bits per heavy atom. The summed E-state index contributed by atoms with van der Waals surface area (Å²) in [7, 11) is 0. The van der Waals surface area contributed by atoms with Crippen LogP contribution >= 0.6 is 0 Å². The number of fused-ring (bicyclic) bond motifs is 7. The maximum absolute atomic E-state index is 6.75. The Labute approximate surface area is 334 Å². The molecule has 0 saturated carbocycles. The molecule has 57 heavy (non-hydrogen) atoms. The third-order valence-corrected chi connectivity index (χ3v) is 12.3. The summed E-state index contributed by atoms with van der Waals surface area (Å²) < 4.78 is 6.75. The molecule has 1 aliphatic heterocycles. The second-order valence-electron chi connectivity index (χ2n) is 15.6. The van der Waals surface area contributed by atoms with Crippen molar-refractivity contribution in [1.82, 2.24) is 9.97 Å². The van der Waals surface area contributed by atoms with Gasteiger partial charge in [0.25, 0.3) is 0 Å². The minimum Gasteiger partial charge on any atom is -0.457 e. The molecule has 7 aromatic rings. The Morgan fingerprint density at radius 3 is 1.82 bits per heavy atom. The van der Waals surface area contributed by atoms with E-state index in [9.17, 15) is 0 Å². The monoisotopic (exact) mass is 732 g/mol. The van der Waals surface area contributed by atoms with E-state index in [0.717, 1.165) is 64.4 Å². The summed E-state index contributed by atoms with van der Waals surface area (Å²) in [5.74, 6) is 3.02. The fourth-order valence-electron chi connectivity index (χ4n) is 9.73. The van der Waals surface area contributed by atoms with Crippen molar-refractivity contribution in [2.75, 3.05) is 0 Å². The molecule has 0 N–H and O–H groups in total. The van der Waals surface area contributed by atoms with Crippen molar-refractivity contribution in [2.24, 2.45) is 5.92 Å². The standard InChI is InChI=1S/C54H40N2O/c1-35-13-12-19-44-43-18-8-9-20-45(43)54(52(35)44)46-21-10-11-22-50(46)57-51-32-31-42(33-47(51)54)38-25-29-41(30-26-38)53-55-48(39-16-6-3-7-17-39)34-49(56-53)40-27-23-37(24-28-40)36-14-4-2-5-15-36/h2-8,10-12,14-19,21-35H,9,13,20H2,1H3.